The van der Waals surface area contributed by atoms with Crippen LogP contribution in [0.5, 0.6) is 0 Å². The quantitative estimate of drug-likeness (QED) is 0.395. The van der Waals surface area contributed by atoms with Crippen LogP contribution in [0.25, 0.3) is 6.08 Å². The summed E-state index contributed by atoms with van der Waals surface area (Å²) in [6.45, 7) is 8.74. The Labute approximate surface area is 193 Å². The van der Waals surface area contributed by atoms with Gasteiger partial charge < -0.3 is 15.2 Å². The van der Waals surface area contributed by atoms with Crippen molar-refractivity contribution < 1.29 is 9.59 Å². The summed E-state index contributed by atoms with van der Waals surface area (Å²) < 4.78 is 3.73. The zero-order valence-corrected chi connectivity index (χ0v) is 19.3. The first-order chi connectivity index (χ1) is 15.8. The van der Waals surface area contributed by atoms with E-state index in [0.717, 1.165) is 29.9 Å². The number of aromatic nitrogens is 3. The molecule has 0 saturated carbocycles. The molecule has 0 spiro atoms. The minimum absolute atomic E-state index is 0.00786. The Morgan fingerprint density at radius 1 is 1.18 bits per heavy atom. The number of carbonyl (C=O) groups excluding carboxylic acids is 2. The summed E-state index contributed by atoms with van der Waals surface area (Å²) >= 11 is 0. The van der Waals surface area contributed by atoms with E-state index in [-0.39, 0.29) is 11.5 Å². The summed E-state index contributed by atoms with van der Waals surface area (Å²) in [6, 6.07) is 12.0. The van der Waals surface area contributed by atoms with Crippen molar-refractivity contribution in [2.75, 3.05) is 10.6 Å². The van der Waals surface area contributed by atoms with Crippen LogP contribution in [0.2, 0.25) is 0 Å². The van der Waals surface area contributed by atoms with Gasteiger partial charge in [-0.25, -0.2) is 0 Å². The highest BCUT2D eigenvalue weighted by atomic mass is 16.2. The fraction of sp³-hybridized carbons (Fsp3) is 0.280. The SMILES string of the molecule is CCCn1c(C)cc(C=C(C#N)C(=O)Nc2cccc(NC(=O)C(C)n3cccn3)c2)c1C. The Bertz CT molecular complexity index is 1210. The molecule has 170 valence electrons. The molecule has 3 rings (SSSR count). The molecule has 3 aromatic rings. The molecule has 1 aromatic carbocycles. The minimum atomic E-state index is -0.508. The molecular weight excluding hydrogens is 416 g/mol. The molecular formula is C25H28N6O2. The van der Waals surface area contributed by atoms with E-state index in [9.17, 15) is 14.9 Å². The molecule has 8 heteroatoms. The molecule has 2 heterocycles. The summed E-state index contributed by atoms with van der Waals surface area (Å²) in [7, 11) is 0. The molecule has 0 aliphatic heterocycles. The Morgan fingerprint density at radius 2 is 1.91 bits per heavy atom. The van der Waals surface area contributed by atoms with Crippen LogP contribution in [0.1, 0.15) is 43.3 Å². The van der Waals surface area contributed by atoms with Gasteiger partial charge in [0.1, 0.15) is 17.7 Å². The summed E-state index contributed by atoms with van der Waals surface area (Å²) in [5.74, 6) is -0.742. The zero-order valence-electron chi connectivity index (χ0n) is 19.3. The second-order valence-electron chi connectivity index (χ2n) is 7.83. The maximum absolute atomic E-state index is 12.8. The highest BCUT2D eigenvalue weighted by Gasteiger charge is 2.16. The molecule has 1 unspecified atom stereocenters. The molecule has 8 nitrogen and oxygen atoms in total. The first-order valence-electron chi connectivity index (χ1n) is 10.8. The van der Waals surface area contributed by atoms with Crippen molar-refractivity contribution in [1.29, 1.82) is 5.26 Å². The van der Waals surface area contributed by atoms with Gasteiger partial charge in [-0.2, -0.15) is 10.4 Å². The lowest BCUT2D eigenvalue weighted by molar-refractivity contribution is -0.119. The predicted molar refractivity (Wildman–Crippen MR) is 128 cm³/mol. The second kappa shape index (κ2) is 10.5. The van der Waals surface area contributed by atoms with Crippen molar-refractivity contribution in [2.24, 2.45) is 0 Å². The monoisotopic (exact) mass is 444 g/mol. The molecule has 2 aromatic heterocycles. The Hall–Kier alpha value is -4.12. The van der Waals surface area contributed by atoms with Gasteiger partial charge in [-0.05, 0) is 69.2 Å². The van der Waals surface area contributed by atoms with E-state index in [1.807, 2.05) is 26.0 Å². The summed E-state index contributed by atoms with van der Waals surface area (Å²) in [5, 5.41) is 19.2. The molecule has 0 aliphatic rings. The van der Waals surface area contributed by atoms with Gasteiger partial charge in [0, 0.05) is 41.7 Å². The van der Waals surface area contributed by atoms with Gasteiger partial charge in [-0.1, -0.05) is 13.0 Å². The van der Waals surface area contributed by atoms with E-state index in [0.29, 0.717) is 11.4 Å². The minimum Gasteiger partial charge on any atom is -0.349 e. The lowest BCUT2D eigenvalue weighted by Crippen LogP contribution is -2.24. The number of hydrogen-bond donors (Lipinski definition) is 2. The standard InChI is InChI=1S/C25H28N6O2/c1-5-11-30-17(2)13-20(18(30)3)14-21(16-26)25(33)29-23-9-6-8-22(15-23)28-24(32)19(4)31-12-7-10-27-31/h6-10,12-15,19H,5,11H2,1-4H3,(H,28,32)(H,29,33). The topological polar surface area (TPSA) is 105 Å². The molecule has 2 amide bonds. The number of amides is 2. The smallest absolute Gasteiger partial charge is 0.266 e. The summed E-state index contributed by atoms with van der Waals surface area (Å²) in [5.41, 5.74) is 3.97. The van der Waals surface area contributed by atoms with Crippen molar-refractivity contribution in [2.45, 2.75) is 46.7 Å². The Morgan fingerprint density at radius 3 is 2.55 bits per heavy atom. The first-order valence-corrected chi connectivity index (χ1v) is 10.8. The Kier molecular flexibility index (Phi) is 7.46. The lowest BCUT2D eigenvalue weighted by Gasteiger charge is -2.13. The number of benzene rings is 1. The summed E-state index contributed by atoms with van der Waals surface area (Å²) in [6.07, 6.45) is 5.94. The van der Waals surface area contributed by atoms with Crippen LogP contribution in [-0.2, 0) is 16.1 Å². The highest BCUT2D eigenvalue weighted by Crippen LogP contribution is 2.21. The van der Waals surface area contributed by atoms with Gasteiger partial charge >= 0.3 is 0 Å². The van der Waals surface area contributed by atoms with Crippen molar-refractivity contribution in [3.05, 3.63) is 71.3 Å². The zero-order chi connectivity index (χ0) is 24.0. The molecule has 33 heavy (non-hydrogen) atoms. The summed E-state index contributed by atoms with van der Waals surface area (Å²) in [4.78, 5) is 25.3. The fourth-order valence-electron chi connectivity index (χ4n) is 3.60. The van der Waals surface area contributed by atoms with Crippen molar-refractivity contribution in [3.8, 4) is 6.07 Å². The number of nitriles is 1. The van der Waals surface area contributed by atoms with Gasteiger partial charge in [-0.3, -0.25) is 14.3 Å². The maximum Gasteiger partial charge on any atom is 0.266 e. The van der Waals surface area contributed by atoms with Gasteiger partial charge in [-0.15, -0.1) is 0 Å². The van der Waals surface area contributed by atoms with E-state index in [1.165, 1.54) is 0 Å². The highest BCUT2D eigenvalue weighted by molar-refractivity contribution is 6.10. The fourth-order valence-corrected chi connectivity index (χ4v) is 3.60. The van der Waals surface area contributed by atoms with E-state index < -0.39 is 11.9 Å². The van der Waals surface area contributed by atoms with E-state index in [4.69, 9.17) is 0 Å². The van der Waals surface area contributed by atoms with Crippen molar-refractivity contribution in [3.63, 3.8) is 0 Å². The van der Waals surface area contributed by atoms with Gasteiger partial charge in [0.15, 0.2) is 0 Å². The van der Waals surface area contributed by atoms with Crippen molar-refractivity contribution >= 4 is 29.3 Å². The second-order valence-corrected chi connectivity index (χ2v) is 7.83. The normalized spacial score (nSPS) is 12.2. The average molecular weight is 445 g/mol. The maximum atomic E-state index is 12.8. The molecule has 1 atom stereocenters. The Balaban J connectivity index is 1.73. The number of carbonyl (C=O) groups is 2. The molecule has 2 N–H and O–H groups in total. The molecule has 0 bridgehead atoms. The molecule has 0 fully saturated rings. The van der Waals surface area contributed by atoms with Crippen LogP contribution in [0.4, 0.5) is 11.4 Å². The van der Waals surface area contributed by atoms with Crippen LogP contribution in [0.15, 0.2) is 54.4 Å². The van der Waals surface area contributed by atoms with Crippen LogP contribution >= 0.6 is 0 Å². The van der Waals surface area contributed by atoms with Gasteiger partial charge in [0.25, 0.3) is 5.91 Å². The molecule has 0 radical (unpaired) electrons. The third kappa shape index (κ3) is 5.57. The molecule has 0 aliphatic carbocycles. The number of rotatable bonds is 8. The van der Waals surface area contributed by atoms with Crippen LogP contribution in [-0.4, -0.2) is 26.2 Å². The number of nitrogens with zero attached hydrogens (tertiary/aromatic N) is 4. The van der Waals surface area contributed by atoms with E-state index in [1.54, 1.807) is 60.4 Å². The van der Waals surface area contributed by atoms with Crippen LogP contribution < -0.4 is 10.6 Å². The van der Waals surface area contributed by atoms with Crippen LogP contribution in [0.3, 0.4) is 0 Å². The van der Waals surface area contributed by atoms with E-state index in [2.05, 4.69) is 27.2 Å². The molecule has 0 saturated heterocycles. The third-order valence-electron chi connectivity index (χ3n) is 5.41. The largest absolute Gasteiger partial charge is 0.349 e. The predicted octanol–water partition coefficient (Wildman–Crippen LogP) is 4.46. The number of aryl methyl sites for hydroxylation is 1. The van der Waals surface area contributed by atoms with Gasteiger partial charge in [0.2, 0.25) is 5.91 Å². The van der Waals surface area contributed by atoms with Crippen LogP contribution in [0, 0.1) is 25.2 Å². The van der Waals surface area contributed by atoms with Crippen molar-refractivity contribution in [1.82, 2.24) is 14.3 Å². The van der Waals surface area contributed by atoms with Gasteiger partial charge in [0.05, 0.1) is 0 Å². The third-order valence-corrected chi connectivity index (χ3v) is 5.41. The lowest BCUT2D eigenvalue weighted by atomic mass is 10.1. The average Bonchev–Trinajstić information content (AvgIpc) is 3.42. The first kappa shape index (κ1) is 23.5. The van der Waals surface area contributed by atoms with E-state index >= 15 is 0 Å². The number of nitrogens with one attached hydrogen (secondary N) is 2. The number of hydrogen-bond acceptors (Lipinski definition) is 4. The number of anilines is 2.